The first kappa shape index (κ1) is 15.7. The van der Waals surface area contributed by atoms with Gasteiger partial charge in [0.2, 0.25) is 0 Å². The topological polar surface area (TPSA) is 27.7 Å². The first-order valence-electron chi connectivity index (χ1n) is 8.86. The van der Waals surface area contributed by atoms with Crippen LogP contribution >= 0.6 is 0 Å². The predicted octanol–water partition coefficient (Wildman–Crippen LogP) is 1.70. The van der Waals surface area contributed by atoms with Gasteiger partial charge in [0.25, 0.3) is 0 Å². The maximum atomic E-state index is 6.25. The van der Waals surface area contributed by atoms with E-state index >= 15 is 0 Å². The summed E-state index contributed by atoms with van der Waals surface area (Å²) < 4.78 is 6.25. The third-order valence-electron chi connectivity index (χ3n) is 5.19. The summed E-state index contributed by atoms with van der Waals surface area (Å²) in [4.78, 5) is 5.33. The second-order valence-electron chi connectivity index (χ2n) is 8.18. The number of fused-ring (bicyclic) bond motifs is 1. The van der Waals surface area contributed by atoms with Crippen LogP contribution in [0.25, 0.3) is 0 Å². The van der Waals surface area contributed by atoms with Crippen molar-refractivity contribution in [1.29, 1.82) is 0 Å². The van der Waals surface area contributed by atoms with Gasteiger partial charge in [-0.25, -0.2) is 0 Å². The molecule has 3 fully saturated rings. The Hall–Kier alpha value is -0.160. The predicted molar refractivity (Wildman–Crippen MR) is 86.7 cm³/mol. The van der Waals surface area contributed by atoms with Crippen molar-refractivity contribution >= 4 is 0 Å². The molecule has 4 heteroatoms. The van der Waals surface area contributed by atoms with Crippen LogP contribution in [0.5, 0.6) is 0 Å². The Morgan fingerprint density at radius 2 is 1.86 bits per heavy atom. The normalized spacial score (nSPS) is 35.3. The van der Waals surface area contributed by atoms with Crippen LogP contribution in [-0.2, 0) is 4.74 Å². The Labute approximate surface area is 130 Å². The maximum absolute atomic E-state index is 6.25. The number of ether oxygens (including phenoxy) is 1. The van der Waals surface area contributed by atoms with Crippen molar-refractivity contribution < 1.29 is 4.74 Å². The van der Waals surface area contributed by atoms with E-state index in [1.807, 2.05) is 0 Å². The van der Waals surface area contributed by atoms with Crippen LogP contribution < -0.4 is 5.32 Å². The van der Waals surface area contributed by atoms with Crippen LogP contribution in [-0.4, -0.2) is 72.9 Å². The molecule has 1 N–H and O–H groups in total. The van der Waals surface area contributed by atoms with Gasteiger partial charge in [0.15, 0.2) is 0 Å². The summed E-state index contributed by atoms with van der Waals surface area (Å²) in [5.41, 5.74) is 0.195. The van der Waals surface area contributed by atoms with Crippen LogP contribution in [0.1, 0.15) is 46.5 Å². The van der Waals surface area contributed by atoms with E-state index < -0.39 is 0 Å². The zero-order valence-electron chi connectivity index (χ0n) is 14.1. The molecule has 3 unspecified atom stereocenters. The fourth-order valence-electron chi connectivity index (χ4n) is 3.99. The van der Waals surface area contributed by atoms with Crippen molar-refractivity contribution in [3.8, 4) is 0 Å². The van der Waals surface area contributed by atoms with Gasteiger partial charge in [-0.05, 0) is 53.0 Å². The van der Waals surface area contributed by atoms with Crippen molar-refractivity contribution in [3.63, 3.8) is 0 Å². The quantitative estimate of drug-likeness (QED) is 0.854. The molecule has 3 saturated heterocycles. The van der Waals surface area contributed by atoms with E-state index in [4.69, 9.17) is 4.74 Å². The van der Waals surface area contributed by atoms with Gasteiger partial charge in [-0.3, -0.25) is 9.80 Å². The lowest BCUT2D eigenvalue weighted by molar-refractivity contribution is 0.00532. The SMILES string of the molecule is CC(C)(C)NCC1CCC(CN2CCN3CCCC3C2)O1. The van der Waals surface area contributed by atoms with Gasteiger partial charge in [0, 0.05) is 44.3 Å². The molecule has 0 aromatic heterocycles. The standard InChI is InChI=1S/C17H33N3O/c1-17(2,3)18-11-15-6-7-16(21-15)13-19-9-10-20-8-4-5-14(20)12-19/h14-16,18H,4-13H2,1-3H3. The minimum absolute atomic E-state index is 0.195. The molecule has 3 heterocycles. The van der Waals surface area contributed by atoms with Crippen molar-refractivity contribution in [2.24, 2.45) is 0 Å². The second-order valence-corrected chi connectivity index (χ2v) is 8.18. The lowest BCUT2D eigenvalue weighted by Crippen LogP contribution is -2.51. The molecule has 0 aliphatic carbocycles. The zero-order chi connectivity index (χ0) is 14.9. The summed E-state index contributed by atoms with van der Waals surface area (Å²) in [6, 6.07) is 0.832. The van der Waals surface area contributed by atoms with Crippen molar-refractivity contribution in [1.82, 2.24) is 15.1 Å². The van der Waals surface area contributed by atoms with Crippen LogP contribution in [0, 0.1) is 0 Å². The van der Waals surface area contributed by atoms with E-state index in [1.54, 1.807) is 0 Å². The Kier molecular flexibility index (Phi) is 4.89. The van der Waals surface area contributed by atoms with Crippen LogP contribution in [0.4, 0.5) is 0 Å². The van der Waals surface area contributed by atoms with Crippen LogP contribution in [0.3, 0.4) is 0 Å². The molecule has 3 rings (SSSR count). The molecular formula is C17H33N3O. The zero-order valence-corrected chi connectivity index (χ0v) is 14.1. The van der Waals surface area contributed by atoms with E-state index in [0.717, 1.165) is 19.1 Å². The molecule has 4 nitrogen and oxygen atoms in total. The summed E-state index contributed by atoms with van der Waals surface area (Å²) in [6.07, 6.45) is 6.14. The van der Waals surface area contributed by atoms with Gasteiger partial charge >= 0.3 is 0 Å². The van der Waals surface area contributed by atoms with Gasteiger partial charge in [-0.15, -0.1) is 0 Å². The minimum atomic E-state index is 0.195. The number of nitrogens with zero attached hydrogens (tertiary/aromatic N) is 2. The van der Waals surface area contributed by atoms with E-state index in [9.17, 15) is 0 Å². The van der Waals surface area contributed by atoms with E-state index in [-0.39, 0.29) is 5.54 Å². The molecule has 0 radical (unpaired) electrons. The molecule has 21 heavy (non-hydrogen) atoms. The summed E-state index contributed by atoms with van der Waals surface area (Å²) in [5, 5.41) is 3.57. The van der Waals surface area contributed by atoms with Gasteiger partial charge in [-0.1, -0.05) is 0 Å². The van der Waals surface area contributed by atoms with E-state index in [0.29, 0.717) is 12.2 Å². The Bertz CT molecular complexity index is 341. The number of nitrogens with one attached hydrogen (secondary N) is 1. The second kappa shape index (κ2) is 6.53. The maximum Gasteiger partial charge on any atom is 0.0707 e. The fourth-order valence-corrected chi connectivity index (χ4v) is 3.99. The number of rotatable bonds is 4. The molecular weight excluding hydrogens is 262 g/mol. The van der Waals surface area contributed by atoms with Gasteiger partial charge in [0.1, 0.15) is 0 Å². The molecule has 0 bridgehead atoms. The van der Waals surface area contributed by atoms with Gasteiger partial charge in [0.05, 0.1) is 12.2 Å². The molecule has 0 amide bonds. The third kappa shape index (κ3) is 4.41. The molecule has 3 aliphatic rings. The summed E-state index contributed by atoms with van der Waals surface area (Å²) in [7, 11) is 0. The average molecular weight is 295 g/mol. The van der Waals surface area contributed by atoms with Gasteiger partial charge < -0.3 is 10.1 Å². The first-order valence-corrected chi connectivity index (χ1v) is 8.86. The summed E-state index contributed by atoms with van der Waals surface area (Å²) in [5.74, 6) is 0. The Morgan fingerprint density at radius 3 is 2.67 bits per heavy atom. The lowest BCUT2D eigenvalue weighted by Gasteiger charge is -2.38. The van der Waals surface area contributed by atoms with Crippen molar-refractivity contribution in [3.05, 3.63) is 0 Å². The monoisotopic (exact) mass is 295 g/mol. The fraction of sp³-hybridized carbons (Fsp3) is 1.00. The highest BCUT2D eigenvalue weighted by Gasteiger charge is 2.33. The highest BCUT2D eigenvalue weighted by Crippen LogP contribution is 2.24. The van der Waals surface area contributed by atoms with Crippen LogP contribution in [0.15, 0.2) is 0 Å². The van der Waals surface area contributed by atoms with E-state index in [2.05, 4.69) is 35.9 Å². The molecule has 122 valence electrons. The molecule has 0 saturated carbocycles. The average Bonchev–Trinajstić information content (AvgIpc) is 3.04. The molecule has 0 aromatic rings. The van der Waals surface area contributed by atoms with Crippen LogP contribution in [0.2, 0.25) is 0 Å². The molecule has 0 spiro atoms. The highest BCUT2D eigenvalue weighted by atomic mass is 16.5. The highest BCUT2D eigenvalue weighted by molar-refractivity contribution is 4.88. The number of hydrogen-bond acceptors (Lipinski definition) is 4. The molecule has 3 aliphatic heterocycles. The summed E-state index contributed by atoms with van der Waals surface area (Å²) >= 11 is 0. The first-order chi connectivity index (χ1) is 9.99. The number of piperazine rings is 1. The third-order valence-corrected chi connectivity index (χ3v) is 5.19. The Balaban J connectivity index is 1.38. The van der Waals surface area contributed by atoms with Crippen molar-refractivity contribution in [2.75, 3.05) is 39.3 Å². The van der Waals surface area contributed by atoms with E-state index in [1.165, 1.54) is 51.9 Å². The van der Waals surface area contributed by atoms with Crippen molar-refractivity contribution in [2.45, 2.75) is 70.2 Å². The van der Waals surface area contributed by atoms with Gasteiger partial charge in [-0.2, -0.15) is 0 Å². The smallest absolute Gasteiger partial charge is 0.0707 e. The largest absolute Gasteiger partial charge is 0.372 e. The Morgan fingerprint density at radius 1 is 1.05 bits per heavy atom. The molecule has 3 atom stereocenters. The molecule has 0 aromatic carbocycles. The minimum Gasteiger partial charge on any atom is -0.372 e. The number of hydrogen-bond donors (Lipinski definition) is 1. The lowest BCUT2D eigenvalue weighted by atomic mass is 10.1. The summed E-state index contributed by atoms with van der Waals surface area (Å²) in [6.45, 7) is 13.9.